The van der Waals surface area contributed by atoms with Crippen molar-refractivity contribution in [1.82, 2.24) is 9.97 Å². The van der Waals surface area contributed by atoms with E-state index < -0.39 is 0 Å². The van der Waals surface area contributed by atoms with Gasteiger partial charge >= 0.3 is 0 Å². The maximum Gasteiger partial charge on any atom is 0.147 e. The summed E-state index contributed by atoms with van der Waals surface area (Å²) >= 11 is 0. The third kappa shape index (κ3) is 1.14. The highest BCUT2D eigenvalue weighted by Gasteiger charge is 2.13. The molecule has 4 heteroatoms. The summed E-state index contributed by atoms with van der Waals surface area (Å²) < 4.78 is 0. The van der Waals surface area contributed by atoms with Gasteiger partial charge in [0.15, 0.2) is 0 Å². The quantitative estimate of drug-likeness (QED) is 0.633. The lowest BCUT2D eigenvalue weighted by molar-refractivity contribution is 0.740. The van der Waals surface area contributed by atoms with Crippen molar-refractivity contribution in [3.63, 3.8) is 0 Å². The van der Waals surface area contributed by atoms with Crippen molar-refractivity contribution >= 4 is 5.82 Å². The smallest absolute Gasteiger partial charge is 0.147 e. The topological polar surface area (TPSA) is 63.8 Å². The molecule has 1 unspecified atom stereocenters. The average Bonchev–Trinajstić information content (AvgIpc) is 2.49. The molecule has 0 aliphatic carbocycles. The van der Waals surface area contributed by atoms with E-state index in [4.69, 9.17) is 5.73 Å². The number of hydrogen-bond donors (Lipinski definition) is 2. The molecule has 0 saturated heterocycles. The van der Waals surface area contributed by atoms with Crippen LogP contribution in [0.15, 0.2) is 6.20 Å². The van der Waals surface area contributed by atoms with Gasteiger partial charge in [0.1, 0.15) is 11.6 Å². The van der Waals surface area contributed by atoms with Gasteiger partial charge in [0.25, 0.3) is 0 Å². The fraction of sp³-hybridized carbons (Fsp3) is 0.500. The molecular formula is C8H12N4. The molecule has 1 aliphatic heterocycles. The third-order valence-electron chi connectivity index (χ3n) is 1.98. The van der Waals surface area contributed by atoms with Crippen LogP contribution in [0, 0.1) is 0 Å². The molecule has 0 radical (unpaired) electrons. The Labute approximate surface area is 71.2 Å². The zero-order valence-electron chi connectivity index (χ0n) is 7.04. The highest BCUT2D eigenvalue weighted by molar-refractivity contribution is 5.47. The fourth-order valence-electron chi connectivity index (χ4n) is 1.29. The third-order valence-corrected chi connectivity index (χ3v) is 1.98. The van der Waals surface area contributed by atoms with Crippen LogP contribution >= 0.6 is 0 Å². The van der Waals surface area contributed by atoms with Gasteiger partial charge in [-0.1, -0.05) is 0 Å². The molecule has 1 aliphatic rings. The molecule has 1 atom stereocenters. The summed E-state index contributed by atoms with van der Waals surface area (Å²) in [6, 6.07) is -0.0855. The Kier molecular flexibility index (Phi) is 1.69. The maximum absolute atomic E-state index is 5.66. The van der Waals surface area contributed by atoms with Gasteiger partial charge in [-0.15, -0.1) is 0 Å². The van der Waals surface area contributed by atoms with Crippen molar-refractivity contribution in [3.8, 4) is 0 Å². The second kappa shape index (κ2) is 2.71. The Bertz CT molecular complexity index is 295. The molecule has 2 heterocycles. The van der Waals surface area contributed by atoms with Crippen LogP contribution in [0.4, 0.5) is 5.82 Å². The molecule has 1 aromatic rings. The van der Waals surface area contributed by atoms with E-state index in [1.54, 1.807) is 0 Å². The van der Waals surface area contributed by atoms with E-state index in [0.717, 1.165) is 18.8 Å². The summed E-state index contributed by atoms with van der Waals surface area (Å²) in [7, 11) is 0. The van der Waals surface area contributed by atoms with Crippen LogP contribution in [0.5, 0.6) is 0 Å². The van der Waals surface area contributed by atoms with E-state index in [9.17, 15) is 0 Å². The summed E-state index contributed by atoms with van der Waals surface area (Å²) in [5.74, 6) is 1.67. The standard InChI is InChI=1S/C8H12N4/c1-5(9)7-11-4-6-2-3-10-8(6)12-7/h4-5H,2-3,9H2,1H3,(H,10,11,12). The Morgan fingerprint density at radius 2 is 2.50 bits per heavy atom. The number of nitrogens with one attached hydrogen (secondary N) is 1. The average molecular weight is 164 g/mol. The Morgan fingerprint density at radius 1 is 1.67 bits per heavy atom. The van der Waals surface area contributed by atoms with Crippen LogP contribution in [0.3, 0.4) is 0 Å². The lowest BCUT2D eigenvalue weighted by Gasteiger charge is -2.04. The van der Waals surface area contributed by atoms with Crippen LogP contribution in [-0.2, 0) is 6.42 Å². The maximum atomic E-state index is 5.66. The number of anilines is 1. The monoisotopic (exact) mass is 164 g/mol. The van der Waals surface area contributed by atoms with Gasteiger partial charge in [0.2, 0.25) is 0 Å². The van der Waals surface area contributed by atoms with Crippen LogP contribution in [0.1, 0.15) is 24.4 Å². The highest BCUT2D eigenvalue weighted by atomic mass is 15.1. The molecule has 0 fully saturated rings. The van der Waals surface area contributed by atoms with Crippen molar-refractivity contribution < 1.29 is 0 Å². The summed E-state index contributed by atoms with van der Waals surface area (Å²) in [5.41, 5.74) is 6.85. The molecule has 3 N–H and O–H groups in total. The number of nitrogens with two attached hydrogens (primary N) is 1. The lowest BCUT2D eigenvalue weighted by Crippen LogP contribution is -2.10. The molecule has 4 nitrogen and oxygen atoms in total. The second-order valence-electron chi connectivity index (χ2n) is 3.07. The zero-order valence-corrected chi connectivity index (χ0v) is 7.04. The van der Waals surface area contributed by atoms with E-state index in [-0.39, 0.29) is 6.04 Å². The summed E-state index contributed by atoms with van der Waals surface area (Å²) in [6.07, 6.45) is 2.88. The van der Waals surface area contributed by atoms with E-state index >= 15 is 0 Å². The Morgan fingerprint density at radius 3 is 3.25 bits per heavy atom. The molecular weight excluding hydrogens is 152 g/mol. The van der Waals surface area contributed by atoms with E-state index in [1.807, 2.05) is 13.1 Å². The normalized spacial score (nSPS) is 16.8. The van der Waals surface area contributed by atoms with Gasteiger partial charge in [0, 0.05) is 18.3 Å². The van der Waals surface area contributed by atoms with Gasteiger partial charge in [-0.2, -0.15) is 0 Å². The minimum absolute atomic E-state index is 0.0855. The van der Waals surface area contributed by atoms with Crippen molar-refractivity contribution in [2.45, 2.75) is 19.4 Å². The Balaban J connectivity index is 2.39. The predicted octanol–water partition coefficient (Wildman–Crippen LogP) is 0.464. The van der Waals surface area contributed by atoms with Crippen LogP contribution < -0.4 is 11.1 Å². The van der Waals surface area contributed by atoms with E-state index in [2.05, 4.69) is 15.3 Å². The summed E-state index contributed by atoms with van der Waals surface area (Å²) in [5, 5.41) is 3.19. The largest absolute Gasteiger partial charge is 0.369 e. The van der Waals surface area contributed by atoms with E-state index in [1.165, 1.54) is 5.56 Å². The molecule has 0 saturated carbocycles. The zero-order chi connectivity index (χ0) is 8.55. The molecule has 0 amide bonds. The van der Waals surface area contributed by atoms with Crippen molar-refractivity contribution in [3.05, 3.63) is 17.6 Å². The first-order chi connectivity index (χ1) is 5.77. The highest BCUT2D eigenvalue weighted by Crippen LogP contribution is 2.19. The van der Waals surface area contributed by atoms with Crippen LogP contribution in [0.2, 0.25) is 0 Å². The van der Waals surface area contributed by atoms with Gasteiger partial charge in [-0.25, -0.2) is 9.97 Å². The second-order valence-corrected chi connectivity index (χ2v) is 3.07. The molecule has 64 valence electrons. The van der Waals surface area contributed by atoms with Gasteiger partial charge in [0.05, 0.1) is 6.04 Å². The number of fused-ring (bicyclic) bond motifs is 1. The predicted molar refractivity (Wildman–Crippen MR) is 46.8 cm³/mol. The SMILES string of the molecule is CC(N)c1ncc2c(n1)NCC2. The van der Waals surface area contributed by atoms with Crippen molar-refractivity contribution in [2.75, 3.05) is 11.9 Å². The van der Waals surface area contributed by atoms with Crippen LogP contribution in [-0.4, -0.2) is 16.5 Å². The minimum Gasteiger partial charge on any atom is -0.369 e. The molecule has 0 bridgehead atoms. The summed E-state index contributed by atoms with van der Waals surface area (Å²) in [4.78, 5) is 8.48. The number of nitrogens with zero attached hydrogens (tertiary/aromatic N) is 2. The minimum atomic E-state index is -0.0855. The molecule has 12 heavy (non-hydrogen) atoms. The van der Waals surface area contributed by atoms with Gasteiger partial charge in [-0.05, 0) is 13.3 Å². The van der Waals surface area contributed by atoms with Crippen molar-refractivity contribution in [2.24, 2.45) is 5.73 Å². The van der Waals surface area contributed by atoms with Crippen LogP contribution in [0.25, 0.3) is 0 Å². The Hall–Kier alpha value is -1.16. The van der Waals surface area contributed by atoms with Gasteiger partial charge in [-0.3, -0.25) is 0 Å². The lowest BCUT2D eigenvalue weighted by atomic mass is 10.2. The molecule has 2 rings (SSSR count). The summed E-state index contributed by atoms with van der Waals surface area (Å²) in [6.45, 7) is 2.85. The number of aromatic nitrogens is 2. The number of hydrogen-bond acceptors (Lipinski definition) is 4. The molecule has 0 spiro atoms. The first-order valence-corrected chi connectivity index (χ1v) is 4.12. The fourth-order valence-corrected chi connectivity index (χ4v) is 1.29. The first-order valence-electron chi connectivity index (χ1n) is 4.12. The van der Waals surface area contributed by atoms with E-state index in [0.29, 0.717) is 5.82 Å². The molecule has 0 aromatic carbocycles. The number of rotatable bonds is 1. The van der Waals surface area contributed by atoms with Gasteiger partial charge < -0.3 is 11.1 Å². The molecule has 1 aromatic heterocycles. The first kappa shape index (κ1) is 7.49. The van der Waals surface area contributed by atoms with Crippen molar-refractivity contribution in [1.29, 1.82) is 0 Å².